The van der Waals surface area contributed by atoms with Gasteiger partial charge in [0.1, 0.15) is 17.5 Å². The third-order valence-corrected chi connectivity index (χ3v) is 6.18. The van der Waals surface area contributed by atoms with Crippen molar-refractivity contribution in [3.63, 3.8) is 0 Å². The number of alkyl halides is 3. The number of hydrogen-bond donors (Lipinski definition) is 0. The quantitative estimate of drug-likeness (QED) is 0.383. The fourth-order valence-corrected chi connectivity index (χ4v) is 4.39. The summed E-state index contributed by atoms with van der Waals surface area (Å²) >= 11 is 6.01. The van der Waals surface area contributed by atoms with Gasteiger partial charge in [-0.3, -0.25) is 0 Å². The highest BCUT2D eigenvalue weighted by atomic mass is 35.5. The van der Waals surface area contributed by atoms with Gasteiger partial charge in [-0.2, -0.15) is 18.2 Å². The van der Waals surface area contributed by atoms with Gasteiger partial charge in [-0.15, -0.1) is 0 Å². The van der Waals surface area contributed by atoms with Crippen molar-refractivity contribution >= 4 is 29.2 Å². The highest BCUT2D eigenvalue weighted by Gasteiger charge is 2.36. The van der Waals surface area contributed by atoms with Crippen LogP contribution >= 0.6 is 11.6 Å². The minimum absolute atomic E-state index is 0.00538. The number of halogens is 5. The van der Waals surface area contributed by atoms with E-state index >= 15 is 0 Å². The largest absolute Gasteiger partial charge is 0.419 e. The van der Waals surface area contributed by atoms with Gasteiger partial charge in [0, 0.05) is 57.6 Å². The minimum atomic E-state index is -4.48. The predicted molar refractivity (Wildman–Crippen MR) is 134 cm³/mol. The summed E-state index contributed by atoms with van der Waals surface area (Å²) in [6, 6.07) is 8.57. The zero-order chi connectivity index (χ0) is 26.0. The molecule has 1 aromatic carbocycles. The average molecular weight is 523 g/mol. The van der Waals surface area contributed by atoms with E-state index in [0.717, 1.165) is 12.6 Å². The molecular weight excluding hydrogens is 496 g/mol. The Bertz CT molecular complexity index is 1210. The molecule has 11 heteroatoms. The fourth-order valence-electron chi connectivity index (χ4n) is 4.21. The Hall–Kier alpha value is -3.14. The lowest BCUT2D eigenvalue weighted by atomic mass is 10.1. The van der Waals surface area contributed by atoms with Crippen molar-refractivity contribution in [3.05, 3.63) is 59.0 Å². The van der Waals surface area contributed by atoms with Crippen molar-refractivity contribution in [3.8, 4) is 11.3 Å². The molecule has 0 bridgehead atoms. The minimum Gasteiger partial charge on any atom is -0.353 e. The molecule has 36 heavy (non-hydrogen) atoms. The molecule has 0 atom stereocenters. The van der Waals surface area contributed by atoms with Crippen LogP contribution in [0.5, 0.6) is 0 Å². The van der Waals surface area contributed by atoms with Crippen molar-refractivity contribution in [2.45, 2.75) is 20.0 Å². The maximum absolute atomic E-state index is 13.8. The maximum Gasteiger partial charge on any atom is 0.419 e. The Morgan fingerprint density at radius 3 is 2.36 bits per heavy atom. The molecule has 0 N–H and O–H groups in total. The molecule has 0 saturated carbocycles. The molecule has 0 unspecified atom stereocenters. The van der Waals surface area contributed by atoms with Gasteiger partial charge in [-0.25, -0.2) is 14.4 Å². The number of piperazine rings is 1. The van der Waals surface area contributed by atoms with Crippen molar-refractivity contribution in [2.75, 3.05) is 54.5 Å². The molecule has 0 radical (unpaired) electrons. The van der Waals surface area contributed by atoms with Gasteiger partial charge in [0.05, 0.1) is 16.3 Å². The van der Waals surface area contributed by atoms with Crippen LogP contribution in [0.15, 0.2) is 42.6 Å². The van der Waals surface area contributed by atoms with E-state index in [1.165, 1.54) is 24.4 Å². The van der Waals surface area contributed by atoms with Gasteiger partial charge < -0.3 is 14.7 Å². The van der Waals surface area contributed by atoms with Crippen LogP contribution in [-0.2, 0) is 6.18 Å². The lowest BCUT2D eigenvalue weighted by molar-refractivity contribution is -0.137. The van der Waals surface area contributed by atoms with Gasteiger partial charge in [0.2, 0.25) is 5.95 Å². The van der Waals surface area contributed by atoms with Crippen LogP contribution < -0.4 is 14.7 Å². The summed E-state index contributed by atoms with van der Waals surface area (Å²) in [6.07, 6.45) is -3.10. The Morgan fingerprint density at radius 2 is 1.72 bits per heavy atom. The van der Waals surface area contributed by atoms with Crippen LogP contribution in [0.3, 0.4) is 0 Å². The number of rotatable bonds is 6. The second-order valence-electron chi connectivity index (χ2n) is 9.16. The van der Waals surface area contributed by atoms with Crippen LogP contribution in [0.1, 0.15) is 19.4 Å². The van der Waals surface area contributed by atoms with Crippen LogP contribution in [-0.4, -0.2) is 54.7 Å². The molecule has 0 amide bonds. The van der Waals surface area contributed by atoms with E-state index in [1.54, 1.807) is 17.0 Å². The van der Waals surface area contributed by atoms with Crippen molar-refractivity contribution < 1.29 is 17.6 Å². The molecule has 0 aliphatic carbocycles. The maximum atomic E-state index is 13.8. The second kappa shape index (κ2) is 10.5. The van der Waals surface area contributed by atoms with E-state index in [4.69, 9.17) is 16.6 Å². The molecular formula is C25H27ClF4N6. The highest BCUT2D eigenvalue weighted by molar-refractivity contribution is 6.31. The Kier molecular flexibility index (Phi) is 7.54. The first-order valence-corrected chi connectivity index (χ1v) is 12.0. The molecule has 1 fully saturated rings. The Morgan fingerprint density at radius 1 is 1.03 bits per heavy atom. The summed E-state index contributed by atoms with van der Waals surface area (Å²) in [6.45, 7) is 6.49. The predicted octanol–water partition coefficient (Wildman–Crippen LogP) is 5.77. The van der Waals surface area contributed by atoms with Gasteiger partial charge in [-0.1, -0.05) is 25.4 Å². The number of pyridine rings is 1. The molecule has 192 valence electrons. The van der Waals surface area contributed by atoms with Gasteiger partial charge in [0.25, 0.3) is 0 Å². The van der Waals surface area contributed by atoms with Gasteiger partial charge in [0.15, 0.2) is 0 Å². The SMILES string of the molecule is CC(C)CN(C)c1nc(-c2ccc(F)c(Cl)c2)cc(N2CCN(c3ncccc3C(F)(F)F)CC2)n1. The summed E-state index contributed by atoms with van der Waals surface area (Å²) < 4.78 is 54.2. The highest BCUT2D eigenvalue weighted by Crippen LogP contribution is 2.36. The summed E-state index contributed by atoms with van der Waals surface area (Å²) in [5.74, 6) is 0.934. The molecule has 2 aromatic heterocycles. The summed E-state index contributed by atoms with van der Waals surface area (Å²) in [7, 11) is 1.90. The number of hydrogen-bond acceptors (Lipinski definition) is 6. The van der Waals surface area contributed by atoms with Crippen LogP contribution in [0.2, 0.25) is 5.02 Å². The molecule has 0 spiro atoms. The van der Waals surface area contributed by atoms with Crippen LogP contribution in [0.25, 0.3) is 11.3 Å². The molecule has 1 aliphatic heterocycles. The van der Waals surface area contributed by atoms with Gasteiger partial charge >= 0.3 is 6.18 Å². The van der Waals surface area contributed by atoms with E-state index in [9.17, 15) is 17.6 Å². The molecule has 1 saturated heterocycles. The normalized spacial score (nSPS) is 14.5. The first-order chi connectivity index (χ1) is 17.0. The third-order valence-electron chi connectivity index (χ3n) is 5.89. The van der Waals surface area contributed by atoms with E-state index in [1.807, 2.05) is 16.8 Å². The first kappa shape index (κ1) is 25.9. The topological polar surface area (TPSA) is 48.4 Å². The lowest BCUT2D eigenvalue weighted by Crippen LogP contribution is -2.47. The molecule has 3 aromatic rings. The third kappa shape index (κ3) is 5.80. The lowest BCUT2D eigenvalue weighted by Gasteiger charge is -2.37. The van der Waals surface area contributed by atoms with E-state index in [0.29, 0.717) is 55.1 Å². The number of aromatic nitrogens is 3. The molecule has 6 nitrogen and oxygen atoms in total. The summed E-state index contributed by atoms with van der Waals surface area (Å²) in [4.78, 5) is 19.0. The van der Waals surface area contributed by atoms with Gasteiger partial charge in [-0.05, 0) is 36.2 Å². The van der Waals surface area contributed by atoms with Crippen LogP contribution in [0.4, 0.5) is 35.1 Å². The number of nitrogens with zero attached hydrogens (tertiary/aromatic N) is 6. The van der Waals surface area contributed by atoms with E-state index < -0.39 is 17.6 Å². The van der Waals surface area contributed by atoms with Crippen molar-refractivity contribution in [1.29, 1.82) is 0 Å². The van der Waals surface area contributed by atoms with Crippen molar-refractivity contribution in [1.82, 2.24) is 15.0 Å². The fraction of sp³-hybridized carbons (Fsp3) is 0.400. The number of anilines is 3. The molecule has 3 heterocycles. The van der Waals surface area contributed by atoms with E-state index in [2.05, 4.69) is 23.8 Å². The monoisotopic (exact) mass is 522 g/mol. The Balaban J connectivity index is 1.62. The Labute approximate surface area is 212 Å². The standard InChI is InChI=1S/C25H27ClF4N6/c1-16(2)15-34(3)24-32-21(17-6-7-20(27)19(26)13-17)14-22(33-24)35-9-11-36(12-10-35)23-18(25(28,29)30)5-4-8-31-23/h4-8,13-14,16H,9-12,15H2,1-3H3. The summed E-state index contributed by atoms with van der Waals surface area (Å²) in [5.41, 5.74) is 0.485. The summed E-state index contributed by atoms with van der Waals surface area (Å²) in [5, 5.41) is -0.00538. The smallest absolute Gasteiger partial charge is 0.353 e. The van der Waals surface area contributed by atoms with Crippen LogP contribution in [0, 0.1) is 11.7 Å². The zero-order valence-corrected chi connectivity index (χ0v) is 21.0. The second-order valence-corrected chi connectivity index (χ2v) is 9.57. The average Bonchev–Trinajstić information content (AvgIpc) is 2.84. The molecule has 4 rings (SSSR count). The first-order valence-electron chi connectivity index (χ1n) is 11.6. The zero-order valence-electron chi connectivity index (χ0n) is 20.2. The van der Waals surface area contributed by atoms with Crippen molar-refractivity contribution in [2.24, 2.45) is 5.92 Å². The molecule has 1 aliphatic rings. The van der Waals surface area contributed by atoms with E-state index in [-0.39, 0.29) is 10.8 Å². The number of benzene rings is 1.